The molecule has 3 amide bonds. The van der Waals surface area contributed by atoms with E-state index >= 15 is 0 Å². The number of aryl methyl sites for hydroxylation is 1. The van der Waals surface area contributed by atoms with Crippen molar-refractivity contribution in [1.29, 1.82) is 0 Å². The minimum absolute atomic E-state index is 0.0146. The molecular formula is C14H21N3O2. The average Bonchev–Trinajstić information content (AvgIpc) is 2.43. The Morgan fingerprint density at radius 2 is 1.95 bits per heavy atom. The number of benzene rings is 1. The van der Waals surface area contributed by atoms with Crippen molar-refractivity contribution in [2.24, 2.45) is 0 Å². The maximum Gasteiger partial charge on any atom is 0.319 e. The smallest absolute Gasteiger partial charge is 0.319 e. The van der Waals surface area contributed by atoms with E-state index in [1.54, 1.807) is 0 Å². The molecule has 104 valence electrons. The van der Waals surface area contributed by atoms with Crippen molar-refractivity contribution in [1.82, 2.24) is 10.6 Å². The predicted octanol–water partition coefficient (Wildman–Crippen LogP) is 1.90. The first kappa shape index (κ1) is 15.0. The molecule has 0 radical (unpaired) electrons. The van der Waals surface area contributed by atoms with Gasteiger partial charge in [-0.1, -0.05) is 26.0 Å². The molecule has 1 rings (SSSR count). The Kier molecular flexibility index (Phi) is 6.43. The SMILES string of the molecule is CCCNC(=O)CNC(=O)Nc1cccc(CC)c1. The highest BCUT2D eigenvalue weighted by molar-refractivity contribution is 5.92. The minimum atomic E-state index is -0.375. The van der Waals surface area contributed by atoms with Crippen molar-refractivity contribution in [2.45, 2.75) is 26.7 Å². The van der Waals surface area contributed by atoms with E-state index in [4.69, 9.17) is 0 Å². The van der Waals surface area contributed by atoms with Crippen LogP contribution in [-0.2, 0) is 11.2 Å². The van der Waals surface area contributed by atoms with Crippen LogP contribution in [0.4, 0.5) is 10.5 Å². The van der Waals surface area contributed by atoms with Gasteiger partial charge in [-0.15, -0.1) is 0 Å². The second kappa shape index (κ2) is 8.13. The van der Waals surface area contributed by atoms with E-state index in [1.165, 1.54) is 0 Å². The van der Waals surface area contributed by atoms with Crippen molar-refractivity contribution in [3.8, 4) is 0 Å². The Morgan fingerprint density at radius 1 is 1.16 bits per heavy atom. The molecule has 0 bridgehead atoms. The van der Waals surface area contributed by atoms with Crippen LogP contribution in [0.1, 0.15) is 25.8 Å². The zero-order valence-electron chi connectivity index (χ0n) is 11.5. The lowest BCUT2D eigenvalue weighted by Crippen LogP contribution is -2.39. The molecule has 0 fully saturated rings. The van der Waals surface area contributed by atoms with Crippen LogP contribution in [0.5, 0.6) is 0 Å². The van der Waals surface area contributed by atoms with E-state index in [0.29, 0.717) is 6.54 Å². The van der Waals surface area contributed by atoms with Crippen LogP contribution in [0.15, 0.2) is 24.3 Å². The van der Waals surface area contributed by atoms with Crippen LogP contribution in [-0.4, -0.2) is 25.0 Å². The fourth-order valence-corrected chi connectivity index (χ4v) is 1.53. The molecule has 0 heterocycles. The largest absolute Gasteiger partial charge is 0.355 e. The van der Waals surface area contributed by atoms with E-state index in [9.17, 15) is 9.59 Å². The summed E-state index contributed by atoms with van der Waals surface area (Å²) in [6.45, 7) is 4.64. The maximum absolute atomic E-state index is 11.6. The number of rotatable bonds is 6. The average molecular weight is 263 g/mol. The lowest BCUT2D eigenvalue weighted by Gasteiger charge is -2.08. The Morgan fingerprint density at radius 3 is 2.63 bits per heavy atom. The van der Waals surface area contributed by atoms with Gasteiger partial charge in [0.25, 0.3) is 0 Å². The second-order valence-electron chi connectivity index (χ2n) is 4.21. The lowest BCUT2D eigenvalue weighted by atomic mass is 10.1. The van der Waals surface area contributed by atoms with Gasteiger partial charge in [0.1, 0.15) is 0 Å². The maximum atomic E-state index is 11.6. The summed E-state index contributed by atoms with van der Waals surface area (Å²) >= 11 is 0. The highest BCUT2D eigenvalue weighted by Gasteiger charge is 2.05. The molecule has 0 saturated carbocycles. The van der Waals surface area contributed by atoms with E-state index in [2.05, 4.69) is 22.9 Å². The summed E-state index contributed by atoms with van der Waals surface area (Å²) in [4.78, 5) is 22.9. The molecule has 1 aromatic rings. The molecule has 5 heteroatoms. The minimum Gasteiger partial charge on any atom is -0.355 e. The van der Waals surface area contributed by atoms with Crippen molar-refractivity contribution in [3.05, 3.63) is 29.8 Å². The van der Waals surface area contributed by atoms with Gasteiger partial charge >= 0.3 is 6.03 Å². The Balaban J connectivity index is 2.36. The van der Waals surface area contributed by atoms with Gasteiger partial charge in [-0.05, 0) is 30.5 Å². The normalized spacial score (nSPS) is 9.79. The number of anilines is 1. The van der Waals surface area contributed by atoms with Gasteiger partial charge in [-0.2, -0.15) is 0 Å². The Labute approximate surface area is 113 Å². The van der Waals surface area contributed by atoms with Crippen LogP contribution < -0.4 is 16.0 Å². The summed E-state index contributed by atoms with van der Waals surface area (Å²) in [5.41, 5.74) is 1.88. The summed E-state index contributed by atoms with van der Waals surface area (Å²) in [7, 11) is 0. The Hall–Kier alpha value is -2.04. The molecule has 0 aromatic heterocycles. The molecule has 5 nitrogen and oxygen atoms in total. The molecular weight excluding hydrogens is 242 g/mol. The van der Waals surface area contributed by atoms with Crippen LogP contribution in [0.3, 0.4) is 0 Å². The zero-order chi connectivity index (χ0) is 14.1. The summed E-state index contributed by atoms with van der Waals surface area (Å²) < 4.78 is 0. The van der Waals surface area contributed by atoms with Gasteiger partial charge < -0.3 is 16.0 Å². The predicted molar refractivity (Wildman–Crippen MR) is 76.1 cm³/mol. The first-order valence-corrected chi connectivity index (χ1v) is 6.56. The molecule has 0 spiro atoms. The van der Waals surface area contributed by atoms with Crippen molar-refractivity contribution in [2.75, 3.05) is 18.4 Å². The monoisotopic (exact) mass is 263 g/mol. The number of hydrogen-bond donors (Lipinski definition) is 3. The first-order chi connectivity index (χ1) is 9.15. The molecule has 19 heavy (non-hydrogen) atoms. The number of amides is 3. The standard InChI is InChI=1S/C14H21N3O2/c1-3-8-15-13(18)10-16-14(19)17-12-7-5-6-11(4-2)9-12/h5-7,9H,3-4,8,10H2,1-2H3,(H,15,18)(H2,16,17,19). The quantitative estimate of drug-likeness (QED) is 0.733. The van der Waals surface area contributed by atoms with E-state index in [1.807, 2.05) is 31.2 Å². The third-order valence-corrected chi connectivity index (χ3v) is 2.57. The third kappa shape index (κ3) is 5.90. The number of hydrogen-bond acceptors (Lipinski definition) is 2. The highest BCUT2D eigenvalue weighted by atomic mass is 16.2. The molecule has 0 aliphatic rings. The topological polar surface area (TPSA) is 70.2 Å². The van der Waals surface area contributed by atoms with Gasteiger partial charge in [-0.25, -0.2) is 4.79 Å². The molecule has 0 aliphatic heterocycles. The summed E-state index contributed by atoms with van der Waals surface area (Å²) in [6, 6.07) is 7.25. The number of carbonyl (C=O) groups excluding carboxylic acids is 2. The number of urea groups is 1. The van der Waals surface area contributed by atoms with Gasteiger partial charge in [0.05, 0.1) is 6.54 Å². The third-order valence-electron chi connectivity index (χ3n) is 2.57. The van der Waals surface area contributed by atoms with Crippen molar-refractivity contribution >= 4 is 17.6 Å². The highest BCUT2D eigenvalue weighted by Crippen LogP contribution is 2.10. The van der Waals surface area contributed by atoms with Crippen molar-refractivity contribution < 1.29 is 9.59 Å². The molecule has 3 N–H and O–H groups in total. The van der Waals surface area contributed by atoms with Crippen LogP contribution >= 0.6 is 0 Å². The fraction of sp³-hybridized carbons (Fsp3) is 0.429. The fourth-order valence-electron chi connectivity index (χ4n) is 1.53. The van der Waals surface area contributed by atoms with Gasteiger partial charge in [-0.3, -0.25) is 4.79 Å². The van der Waals surface area contributed by atoms with Crippen LogP contribution in [0.2, 0.25) is 0 Å². The van der Waals surface area contributed by atoms with E-state index in [0.717, 1.165) is 24.1 Å². The number of nitrogens with one attached hydrogen (secondary N) is 3. The molecule has 0 unspecified atom stereocenters. The molecule has 0 atom stereocenters. The zero-order valence-corrected chi connectivity index (χ0v) is 11.5. The first-order valence-electron chi connectivity index (χ1n) is 6.56. The second-order valence-corrected chi connectivity index (χ2v) is 4.21. The number of carbonyl (C=O) groups is 2. The van der Waals surface area contributed by atoms with Gasteiger partial charge in [0.15, 0.2) is 0 Å². The van der Waals surface area contributed by atoms with Crippen LogP contribution in [0.25, 0.3) is 0 Å². The summed E-state index contributed by atoms with van der Waals surface area (Å²) in [5.74, 6) is -0.181. The Bertz CT molecular complexity index is 432. The summed E-state index contributed by atoms with van der Waals surface area (Å²) in [6.07, 6.45) is 1.79. The van der Waals surface area contributed by atoms with Crippen LogP contribution in [0, 0.1) is 0 Å². The van der Waals surface area contributed by atoms with Gasteiger partial charge in [0, 0.05) is 12.2 Å². The van der Waals surface area contributed by atoms with E-state index in [-0.39, 0.29) is 18.5 Å². The molecule has 1 aromatic carbocycles. The summed E-state index contributed by atoms with van der Waals surface area (Å²) in [5, 5.41) is 7.90. The van der Waals surface area contributed by atoms with Crippen molar-refractivity contribution in [3.63, 3.8) is 0 Å². The molecule has 0 saturated heterocycles. The van der Waals surface area contributed by atoms with E-state index < -0.39 is 0 Å². The molecule has 0 aliphatic carbocycles. The van der Waals surface area contributed by atoms with Gasteiger partial charge in [0.2, 0.25) is 5.91 Å². The lowest BCUT2D eigenvalue weighted by molar-refractivity contribution is -0.120.